The van der Waals surface area contributed by atoms with Gasteiger partial charge in [0.25, 0.3) is 5.56 Å². The van der Waals surface area contributed by atoms with Crippen molar-refractivity contribution in [3.8, 4) is 11.4 Å². The first-order chi connectivity index (χ1) is 13.7. The topological polar surface area (TPSA) is 61.9 Å². The third-order valence-electron chi connectivity index (χ3n) is 4.62. The minimum absolute atomic E-state index is 0.258. The van der Waals surface area contributed by atoms with E-state index in [9.17, 15) is 18.0 Å². The average Bonchev–Trinajstić information content (AvgIpc) is 2.98. The standard InChI is InChI=1S/C18H13Cl2F3N4OS/c19-14-13(29-17(20)25-14)8-27-6-5-12-11(7-27)16(28)26-15(24-12)9-1-3-10(4-2-9)18(21,22)23/h1-4H,5-8H2,(H,24,26,28). The highest BCUT2D eigenvalue weighted by molar-refractivity contribution is 7.16. The van der Waals surface area contributed by atoms with Gasteiger partial charge in [-0.05, 0) is 12.1 Å². The lowest BCUT2D eigenvalue weighted by atomic mass is 10.1. The van der Waals surface area contributed by atoms with Gasteiger partial charge in [0.15, 0.2) is 4.47 Å². The Morgan fingerprint density at radius 2 is 1.90 bits per heavy atom. The number of halogens is 5. The fourth-order valence-corrected chi connectivity index (χ4v) is 4.61. The maximum atomic E-state index is 12.7. The number of fused-ring (bicyclic) bond motifs is 1. The summed E-state index contributed by atoms with van der Waals surface area (Å²) in [6.45, 7) is 1.56. The quantitative estimate of drug-likeness (QED) is 0.610. The van der Waals surface area contributed by atoms with E-state index < -0.39 is 11.7 Å². The second kappa shape index (κ2) is 7.71. The van der Waals surface area contributed by atoms with Gasteiger partial charge in [0.05, 0.1) is 21.7 Å². The number of aromatic nitrogens is 3. The van der Waals surface area contributed by atoms with E-state index in [2.05, 4.69) is 15.0 Å². The molecule has 5 nitrogen and oxygen atoms in total. The highest BCUT2D eigenvalue weighted by atomic mass is 35.5. The summed E-state index contributed by atoms with van der Waals surface area (Å²) in [5.74, 6) is 0.258. The Hall–Kier alpha value is -1.94. The number of alkyl halides is 3. The van der Waals surface area contributed by atoms with Gasteiger partial charge in [0, 0.05) is 31.6 Å². The summed E-state index contributed by atoms with van der Waals surface area (Å²) in [5, 5.41) is 0.357. The number of benzene rings is 1. The molecule has 0 spiro atoms. The van der Waals surface area contributed by atoms with E-state index in [-0.39, 0.29) is 11.4 Å². The number of H-pyrrole nitrogens is 1. The summed E-state index contributed by atoms with van der Waals surface area (Å²) in [4.78, 5) is 26.6. The second-order valence-electron chi connectivity index (χ2n) is 6.56. The van der Waals surface area contributed by atoms with Gasteiger partial charge in [-0.15, -0.1) is 11.3 Å². The smallest absolute Gasteiger partial charge is 0.306 e. The van der Waals surface area contributed by atoms with Crippen LogP contribution in [0.15, 0.2) is 29.1 Å². The summed E-state index contributed by atoms with van der Waals surface area (Å²) in [6.07, 6.45) is -3.87. The summed E-state index contributed by atoms with van der Waals surface area (Å²) in [6, 6.07) is 4.55. The number of hydrogen-bond acceptors (Lipinski definition) is 5. The van der Waals surface area contributed by atoms with E-state index in [0.29, 0.717) is 52.5 Å². The van der Waals surface area contributed by atoms with Gasteiger partial charge in [-0.2, -0.15) is 13.2 Å². The van der Waals surface area contributed by atoms with Crippen molar-refractivity contribution in [1.82, 2.24) is 19.9 Å². The van der Waals surface area contributed by atoms with E-state index in [0.717, 1.165) is 17.0 Å². The zero-order valence-corrected chi connectivity index (χ0v) is 17.0. The zero-order valence-electron chi connectivity index (χ0n) is 14.7. The molecule has 4 rings (SSSR count). The molecule has 1 N–H and O–H groups in total. The van der Waals surface area contributed by atoms with Crippen LogP contribution < -0.4 is 5.56 Å². The molecule has 0 saturated heterocycles. The monoisotopic (exact) mass is 460 g/mol. The predicted molar refractivity (Wildman–Crippen MR) is 105 cm³/mol. The number of hydrogen-bond donors (Lipinski definition) is 1. The van der Waals surface area contributed by atoms with Crippen LogP contribution in [0.4, 0.5) is 13.2 Å². The van der Waals surface area contributed by atoms with Crippen molar-refractivity contribution < 1.29 is 13.2 Å². The molecule has 0 aliphatic carbocycles. The van der Waals surface area contributed by atoms with Crippen LogP contribution in [-0.4, -0.2) is 26.4 Å². The molecule has 1 aromatic carbocycles. The first-order valence-electron chi connectivity index (χ1n) is 8.53. The van der Waals surface area contributed by atoms with Crippen LogP contribution >= 0.6 is 34.5 Å². The lowest BCUT2D eigenvalue weighted by molar-refractivity contribution is -0.137. The van der Waals surface area contributed by atoms with E-state index in [1.54, 1.807) is 0 Å². The van der Waals surface area contributed by atoms with Gasteiger partial charge >= 0.3 is 6.18 Å². The van der Waals surface area contributed by atoms with Crippen LogP contribution in [0.1, 0.15) is 21.7 Å². The Bertz CT molecular complexity index is 1110. The molecule has 2 aromatic heterocycles. The number of nitrogens with one attached hydrogen (secondary N) is 1. The molecule has 1 aliphatic rings. The molecule has 3 aromatic rings. The summed E-state index contributed by atoms with van der Waals surface area (Å²) in [5.41, 5.74) is 0.556. The summed E-state index contributed by atoms with van der Waals surface area (Å²) < 4.78 is 38.6. The van der Waals surface area contributed by atoms with Crippen molar-refractivity contribution in [3.05, 3.63) is 65.9 Å². The lowest BCUT2D eigenvalue weighted by Gasteiger charge is -2.27. The molecule has 152 valence electrons. The van der Waals surface area contributed by atoms with Crippen molar-refractivity contribution in [2.75, 3.05) is 6.54 Å². The van der Waals surface area contributed by atoms with E-state index >= 15 is 0 Å². The maximum absolute atomic E-state index is 12.7. The van der Waals surface area contributed by atoms with E-state index in [1.165, 1.54) is 23.5 Å². The van der Waals surface area contributed by atoms with Crippen LogP contribution in [0.5, 0.6) is 0 Å². The molecule has 0 unspecified atom stereocenters. The third-order valence-corrected chi connectivity index (χ3v) is 6.19. The van der Waals surface area contributed by atoms with Gasteiger partial charge in [-0.1, -0.05) is 35.3 Å². The molecule has 11 heteroatoms. The molecular weight excluding hydrogens is 448 g/mol. The van der Waals surface area contributed by atoms with Crippen molar-refractivity contribution in [2.24, 2.45) is 0 Å². The largest absolute Gasteiger partial charge is 0.416 e. The maximum Gasteiger partial charge on any atom is 0.416 e. The van der Waals surface area contributed by atoms with Crippen LogP contribution in [0.2, 0.25) is 9.62 Å². The first kappa shape index (κ1) is 20.3. The van der Waals surface area contributed by atoms with Gasteiger partial charge in [-0.3, -0.25) is 9.69 Å². The fraction of sp³-hybridized carbons (Fsp3) is 0.278. The van der Waals surface area contributed by atoms with Crippen LogP contribution in [0.3, 0.4) is 0 Å². The molecule has 3 heterocycles. The Balaban J connectivity index is 1.57. The average molecular weight is 461 g/mol. The molecular formula is C18H13Cl2F3N4OS. The number of thiazole rings is 1. The minimum atomic E-state index is -4.41. The van der Waals surface area contributed by atoms with Crippen LogP contribution in [-0.2, 0) is 25.7 Å². The summed E-state index contributed by atoms with van der Waals surface area (Å²) in [7, 11) is 0. The Morgan fingerprint density at radius 3 is 2.52 bits per heavy atom. The molecule has 0 atom stereocenters. The molecule has 0 bridgehead atoms. The van der Waals surface area contributed by atoms with Crippen LogP contribution in [0.25, 0.3) is 11.4 Å². The van der Waals surface area contributed by atoms with Crippen LogP contribution in [0, 0.1) is 0 Å². The van der Waals surface area contributed by atoms with Gasteiger partial charge in [-0.25, -0.2) is 9.97 Å². The van der Waals surface area contributed by atoms with Crippen molar-refractivity contribution in [3.63, 3.8) is 0 Å². The van der Waals surface area contributed by atoms with Gasteiger partial charge < -0.3 is 4.98 Å². The molecule has 29 heavy (non-hydrogen) atoms. The molecule has 0 fully saturated rings. The number of aromatic amines is 1. The molecule has 0 amide bonds. The second-order valence-corrected chi connectivity index (χ2v) is 8.58. The Kier molecular flexibility index (Phi) is 5.41. The lowest BCUT2D eigenvalue weighted by Crippen LogP contribution is -2.35. The Labute approximate surface area is 177 Å². The summed E-state index contributed by atoms with van der Waals surface area (Å²) >= 11 is 13.2. The van der Waals surface area contributed by atoms with Gasteiger partial charge in [0.1, 0.15) is 11.0 Å². The van der Waals surface area contributed by atoms with E-state index in [1.807, 2.05) is 4.90 Å². The highest BCUT2D eigenvalue weighted by Crippen LogP contribution is 2.31. The van der Waals surface area contributed by atoms with Gasteiger partial charge in [0.2, 0.25) is 0 Å². The zero-order chi connectivity index (χ0) is 20.8. The number of rotatable bonds is 3. The molecule has 1 aliphatic heterocycles. The van der Waals surface area contributed by atoms with Crippen molar-refractivity contribution in [1.29, 1.82) is 0 Å². The molecule has 0 saturated carbocycles. The Morgan fingerprint density at radius 1 is 1.17 bits per heavy atom. The van der Waals surface area contributed by atoms with Crippen molar-refractivity contribution in [2.45, 2.75) is 25.7 Å². The SMILES string of the molecule is O=c1[nH]c(-c2ccc(C(F)(F)F)cc2)nc2c1CN(Cc1sc(Cl)nc1Cl)CC2. The third kappa shape index (κ3) is 4.32. The molecule has 0 radical (unpaired) electrons. The van der Waals surface area contributed by atoms with E-state index in [4.69, 9.17) is 23.2 Å². The van der Waals surface area contributed by atoms with Crippen molar-refractivity contribution >= 4 is 34.5 Å². The predicted octanol–water partition coefficient (Wildman–Crippen LogP) is 4.78. The number of nitrogens with zero attached hydrogens (tertiary/aromatic N) is 3. The highest BCUT2D eigenvalue weighted by Gasteiger charge is 2.30. The minimum Gasteiger partial charge on any atom is -0.306 e. The fourth-order valence-electron chi connectivity index (χ4n) is 3.18. The normalized spacial score (nSPS) is 14.8. The first-order valence-corrected chi connectivity index (χ1v) is 10.1.